The third-order valence-corrected chi connectivity index (χ3v) is 3.46. The van der Waals surface area contributed by atoms with Crippen LogP contribution in [0.4, 0.5) is 0 Å². The second kappa shape index (κ2) is 4.69. The van der Waals surface area contributed by atoms with Gasteiger partial charge < -0.3 is 0 Å². The molecule has 0 bridgehead atoms. The minimum atomic E-state index is -3.90. The first-order valence-electron chi connectivity index (χ1n) is 5.25. The lowest BCUT2D eigenvalue weighted by atomic mass is 10.4. The van der Waals surface area contributed by atoms with Crippen molar-refractivity contribution >= 4 is 19.7 Å². The van der Waals surface area contributed by atoms with E-state index in [2.05, 4.69) is 15.3 Å². The molecule has 18 heavy (non-hydrogen) atoms. The average molecular weight is 290 g/mol. The molecule has 0 aliphatic rings. The lowest BCUT2D eigenvalue weighted by Crippen LogP contribution is -2.14. The zero-order valence-corrected chi connectivity index (χ0v) is 11.4. The summed E-state index contributed by atoms with van der Waals surface area (Å²) in [5.74, 6) is 0.493. The van der Waals surface area contributed by atoms with E-state index in [1.54, 1.807) is 23.1 Å². The lowest BCUT2D eigenvalue weighted by Gasteiger charge is -2.12. The molecule has 0 aliphatic carbocycles. The second-order valence-electron chi connectivity index (χ2n) is 4.00. The molecular weight excluding hydrogens is 278 g/mol. The molecule has 0 aliphatic heterocycles. The van der Waals surface area contributed by atoms with Crippen molar-refractivity contribution in [2.45, 2.75) is 31.6 Å². The fraction of sp³-hybridized carbons (Fsp3) is 0.444. The van der Waals surface area contributed by atoms with Gasteiger partial charge in [0, 0.05) is 29.1 Å². The maximum Gasteiger partial charge on any atom is 0.296 e. The standard InChI is InChI=1S/C9H12ClN5O2S/c1-7(2)15-8(6-14-5-3-4-11-14)12-13-9(15)18(10,16)17/h3-5,7H,6H2,1-2H3. The Bertz CT molecular complexity index is 632. The highest BCUT2D eigenvalue weighted by atomic mass is 35.7. The monoisotopic (exact) mass is 289 g/mol. The Morgan fingerprint density at radius 1 is 1.39 bits per heavy atom. The van der Waals surface area contributed by atoms with E-state index >= 15 is 0 Å². The quantitative estimate of drug-likeness (QED) is 0.785. The van der Waals surface area contributed by atoms with Gasteiger partial charge in [0.1, 0.15) is 6.54 Å². The van der Waals surface area contributed by atoms with Gasteiger partial charge in [-0.2, -0.15) is 5.10 Å². The first-order valence-corrected chi connectivity index (χ1v) is 7.56. The molecule has 0 aromatic carbocycles. The molecule has 0 N–H and O–H groups in total. The molecule has 0 spiro atoms. The molecule has 0 unspecified atom stereocenters. The fourth-order valence-electron chi connectivity index (χ4n) is 1.64. The predicted molar refractivity (Wildman–Crippen MR) is 64.8 cm³/mol. The summed E-state index contributed by atoms with van der Waals surface area (Å²) in [4.78, 5) is 0. The summed E-state index contributed by atoms with van der Waals surface area (Å²) in [5.41, 5.74) is 0. The van der Waals surface area contributed by atoms with E-state index in [1.165, 1.54) is 4.57 Å². The third kappa shape index (κ3) is 2.54. The van der Waals surface area contributed by atoms with Crippen LogP contribution in [-0.4, -0.2) is 33.0 Å². The molecule has 0 atom stereocenters. The van der Waals surface area contributed by atoms with E-state index < -0.39 is 9.05 Å². The van der Waals surface area contributed by atoms with Crippen LogP contribution in [0.3, 0.4) is 0 Å². The van der Waals surface area contributed by atoms with Gasteiger partial charge in [-0.25, -0.2) is 8.42 Å². The van der Waals surface area contributed by atoms with Crippen LogP contribution >= 0.6 is 10.7 Å². The number of aromatic nitrogens is 5. The second-order valence-corrected chi connectivity index (χ2v) is 6.46. The third-order valence-electron chi connectivity index (χ3n) is 2.33. The minimum absolute atomic E-state index is 0.117. The summed E-state index contributed by atoms with van der Waals surface area (Å²) >= 11 is 0. The van der Waals surface area contributed by atoms with Gasteiger partial charge in [-0.15, -0.1) is 10.2 Å². The van der Waals surface area contributed by atoms with Crippen LogP contribution in [0.2, 0.25) is 0 Å². The Morgan fingerprint density at radius 2 is 2.11 bits per heavy atom. The van der Waals surface area contributed by atoms with Crippen molar-refractivity contribution in [1.29, 1.82) is 0 Å². The predicted octanol–water partition coefficient (Wildman–Crippen LogP) is 1.03. The molecule has 98 valence electrons. The highest BCUT2D eigenvalue weighted by Crippen LogP contribution is 2.19. The Morgan fingerprint density at radius 3 is 2.61 bits per heavy atom. The summed E-state index contributed by atoms with van der Waals surface area (Å²) in [7, 11) is 1.42. The first-order chi connectivity index (χ1) is 8.39. The fourth-order valence-corrected chi connectivity index (χ4v) is 2.64. The van der Waals surface area contributed by atoms with Gasteiger partial charge >= 0.3 is 0 Å². The molecular formula is C9H12ClN5O2S. The summed E-state index contributed by atoms with van der Waals surface area (Å²) < 4.78 is 25.9. The number of hydrogen-bond acceptors (Lipinski definition) is 5. The molecule has 0 amide bonds. The van der Waals surface area contributed by atoms with Crippen LogP contribution in [0, 0.1) is 0 Å². The number of nitrogens with zero attached hydrogens (tertiary/aromatic N) is 5. The minimum Gasteiger partial charge on any atom is -0.297 e. The molecule has 0 saturated carbocycles. The van der Waals surface area contributed by atoms with E-state index in [0.717, 1.165) is 0 Å². The lowest BCUT2D eigenvalue weighted by molar-refractivity contribution is 0.494. The van der Waals surface area contributed by atoms with Gasteiger partial charge in [0.2, 0.25) is 0 Å². The Labute approximate surface area is 109 Å². The zero-order valence-electron chi connectivity index (χ0n) is 9.86. The van der Waals surface area contributed by atoms with Crippen molar-refractivity contribution in [1.82, 2.24) is 24.5 Å². The largest absolute Gasteiger partial charge is 0.297 e. The summed E-state index contributed by atoms with van der Waals surface area (Å²) in [6.07, 6.45) is 3.39. The van der Waals surface area contributed by atoms with E-state index in [1.807, 2.05) is 13.8 Å². The van der Waals surface area contributed by atoms with Crippen molar-refractivity contribution in [2.24, 2.45) is 0 Å². The molecule has 2 aromatic rings. The summed E-state index contributed by atoms with van der Waals surface area (Å²) in [5, 5.41) is 11.3. The Balaban J connectivity index is 2.46. The molecule has 2 rings (SSSR count). The van der Waals surface area contributed by atoms with Crippen LogP contribution in [-0.2, 0) is 15.6 Å². The van der Waals surface area contributed by atoms with Crippen LogP contribution < -0.4 is 0 Å². The normalized spacial score (nSPS) is 12.2. The van der Waals surface area contributed by atoms with Crippen molar-refractivity contribution < 1.29 is 8.42 Å². The van der Waals surface area contributed by atoms with E-state index in [4.69, 9.17) is 10.7 Å². The van der Waals surface area contributed by atoms with Crippen molar-refractivity contribution in [3.8, 4) is 0 Å². The smallest absolute Gasteiger partial charge is 0.296 e. The van der Waals surface area contributed by atoms with E-state index in [0.29, 0.717) is 12.4 Å². The van der Waals surface area contributed by atoms with Gasteiger partial charge in [0.25, 0.3) is 14.2 Å². The van der Waals surface area contributed by atoms with Crippen LogP contribution in [0.5, 0.6) is 0 Å². The van der Waals surface area contributed by atoms with Crippen LogP contribution in [0.25, 0.3) is 0 Å². The van der Waals surface area contributed by atoms with Crippen molar-refractivity contribution in [3.63, 3.8) is 0 Å². The summed E-state index contributed by atoms with van der Waals surface area (Å²) in [6.45, 7) is 4.01. The van der Waals surface area contributed by atoms with Gasteiger partial charge in [0.15, 0.2) is 5.82 Å². The highest BCUT2D eigenvalue weighted by Gasteiger charge is 2.24. The zero-order chi connectivity index (χ0) is 13.3. The molecule has 2 heterocycles. The maximum atomic E-state index is 11.4. The van der Waals surface area contributed by atoms with Gasteiger partial charge in [-0.05, 0) is 19.9 Å². The molecule has 7 nitrogen and oxygen atoms in total. The molecule has 0 radical (unpaired) electrons. The average Bonchev–Trinajstić information content (AvgIpc) is 2.85. The Hall–Kier alpha value is -1.41. The number of halogens is 1. The maximum absolute atomic E-state index is 11.4. The molecule has 9 heteroatoms. The van der Waals surface area contributed by atoms with Crippen LogP contribution in [0.15, 0.2) is 23.6 Å². The van der Waals surface area contributed by atoms with E-state index in [9.17, 15) is 8.42 Å². The SMILES string of the molecule is CC(C)n1c(Cn2cccn2)nnc1S(=O)(=O)Cl. The van der Waals surface area contributed by atoms with Gasteiger partial charge in [-0.1, -0.05) is 0 Å². The van der Waals surface area contributed by atoms with Gasteiger partial charge in [0.05, 0.1) is 0 Å². The first kappa shape index (κ1) is 13.0. The van der Waals surface area contributed by atoms with Crippen molar-refractivity contribution in [2.75, 3.05) is 0 Å². The molecule has 0 saturated heterocycles. The van der Waals surface area contributed by atoms with Gasteiger partial charge in [-0.3, -0.25) is 9.25 Å². The topological polar surface area (TPSA) is 82.7 Å². The number of rotatable bonds is 4. The Kier molecular flexibility index (Phi) is 3.40. The molecule has 0 fully saturated rings. The highest BCUT2D eigenvalue weighted by molar-refractivity contribution is 8.13. The van der Waals surface area contributed by atoms with E-state index in [-0.39, 0.29) is 11.2 Å². The summed E-state index contributed by atoms with van der Waals surface area (Å²) in [6, 6.07) is 1.66. The number of hydrogen-bond donors (Lipinski definition) is 0. The molecule has 2 aromatic heterocycles. The van der Waals surface area contributed by atoms with Crippen molar-refractivity contribution in [3.05, 3.63) is 24.3 Å². The van der Waals surface area contributed by atoms with Crippen LogP contribution in [0.1, 0.15) is 25.7 Å².